The van der Waals surface area contributed by atoms with Crippen LogP contribution in [0, 0.1) is 5.92 Å². The lowest BCUT2D eigenvalue weighted by molar-refractivity contribution is -0.144. The van der Waals surface area contributed by atoms with Crippen molar-refractivity contribution in [3.05, 3.63) is 47.0 Å². The van der Waals surface area contributed by atoms with Gasteiger partial charge in [0.25, 0.3) is 0 Å². The normalized spacial score (nSPS) is 19.9. The lowest BCUT2D eigenvalue weighted by Gasteiger charge is -2.31. The predicted molar refractivity (Wildman–Crippen MR) is 118 cm³/mol. The van der Waals surface area contributed by atoms with Crippen LogP contribution in [0.4, 0.5) is 4.79 Å². The van der Waals surface area contributed by atoms with Gasteiger partial charge >= 0.3 is 12.1 Å². The lowest BCUT2D eigenvalue weighted by Crippen LogP contribution is -2.44. The van der Waals surface area contributed by atoms with Crippen LogP contribution in [0.25, 0.3) is 0 Å². The minimum atomic E-state index is -0.723. The van der Waals surface area contributed by atoms with Crippen LogP contribution in [0.2, 0.25) is 0 Å². The van der Waals surface area contributed by atoms with Gasteiger partial charge < -0.3 is 14.8 Å². The van der Waals surface area contributed by atoms with Gasteiger partial charge in [-0.05, 0) is 51.5 Å². The van der Waals surface area contributed by atoms with E-state index in [1.807, 2.05) is 30.3 Å². The van der Waals surface area contributed by atoms with Crippen molar-refractivity contribution in [2.24, 2.45) is 5.92 Å². The van der Waals surface area contributed by atoms with Crippen molar-refractivity contribution in [2.75, 3.05) is 12.4 Å². The van der Waals surface area contributed by atoms with Crippen molar-refractivity contribution in [3.8, 4) is 0 Å². The number of benzene rings is 1. The molecule has 0 bridgehead atoms. The third-order valence-electron chi connectivity index (χ3n) is 5.09. The monoisotopic (exact) mass is 419 g/mol. The first-order valence-electron chi connectivity index (χ1n) is 10.3. The van der Waals surface area contributed by atoms with Crippen LogP contribution in [0.15, 0.2) is 41.5 Å². The van der Waals surface area contributed by atoms with Gasteiger partial charge in [-0.2, -0.15) is 11.8 Å². The fourth-order valence-corrected chi connectivity index (χ4v) is 5.12. The van der Waals surface area contributed by atoms with E-state index in [1.165, 1.54) is 17.6 Å². The number of ether oxygens (including phenoxy) is 2. The van der Waals surface area contributed by atoms with E-state index in [0.29, 0.717) is 16.9 Å². The number of esters is 1. The average Bonchev–Trinajstić information content (AvgIpc) is 2.70. The highest BCUT2D eigenvalue weighted by Gasteiger charge is 2.29. The number of nitrogens with one attached hydrogen (secondary N) is 1. The second kappa shape index (κ2) is 11.9. The highest BCUT2D eigenvalue weighted by molar-refractivity contribution is 8.00. The summed E-state index contributed by atoms with van der Waals surface area (Å²) in [6.45, 7) is 8.79. The Morgan fingerprint density at radius 1 is 1.21 bits per heavy atom. The topological polar surface area (TPSA) is 64.6 Å². The smallest absolute Gasteiger partial charge is 0.408 e. The van der Waals surface area contributed by atoms with Crippen LogP contribution in [-0.2, 0) is 20.9 Å². The molecule has 0 aromatic heterocycles. The minimum Gasteiger partial charge on any atom is -0.464 e. The van der Waals surface area contributed by atoms with Crippen LogP contribution in [0.3, 0.4) is 0 Å². The quantitative estimate of drug-likeness (QED) is 0.469. The maximum absolute atomic E-state index is 12.4. The Bertz CT molecular complexity index is 700. The van der Waals surface area contributed by atoms with Crippen LogP contribution < -0.4 is 5.32 Å². The van der Waals surface area contributed by atoms with E-state index in [1.54, 1.807) is 18.7 Å². The SMILES string of the molecule is CCOC(=O)[C@H](CSC1CC(C)CCC1=C(C)C)NC(=O)OCc1ccccc1. The number of amides is 1. The standard InChI is InChI=1S/C23H33NO4S/c1-5-27-22(25)20(24-23(26)28-14-18-9-7-6-8-10-18)15-29-21-13-17(4)11-12-19(21)16(2)3/h6-10,17,20-21H,5,11-15H2,1-4H3,(H,24,26)/t17?,20-,21?/m0/s1. The third-order valence-corrected chi connectivity index (χ3v) is 6.50. The van der Waals surface area contributed by atoms with Crippen molar-refractivity contribution in [3.63, 3.8) is 0 Å². The van der Waals surface area contributed by atoms with Gasteiger partial charge in [0, 0.05) is 11.0 Å². The fourth-order valence-electron chi connectivity index (χ4n) is 3.46. The van der Waals surface area contributed by atoms with Crippen molar-refractivity contribution in [2.45, 2.75) is 64.9 Å². The summed E-state index contributed by atoms with van der Waals surface area (Å²) in [6, 6.07) is 8.74. The first kappa shape index (κ1) is 23.3. The third kappa shape index (κ3) is 7.77. The summed E-state index contributed by atoms with van der Waals surface area (Å²) in [5.74, 6) is 0.715. The average molecular weight is 420 g/mol. The lowest BCUT2D eigenvalue weighted by atomic mass is 9.85. The van der Waals surface area contributed by atoms with E-state index in [9.17, 15) is 9.59 Å². The molecule has 1 amide bonds. The molecular formula is C23H33NO4S. The molecule has 0 aliphatic heterocycles. The molecule has 5 nitrogen and oxygen atoms in total. The van der Waals surface area contributed by atoms with Crippen LogP contribution >= 0.6 is 11.8 Å². The highest BCUT2D eigenvalue weighted by atomic mass is 32.2. The van der Waals surface area contributed by atoms with Gasteiger partial charge in [0.05, 0.1) is 6.61 Å². The van der Waals surface area contributed by atoms with E-state index >= 15 is 0 Å². The fraction of sp³-hybridized carbons (Fsp3) is 0.565. The van der Waals surface area contributed by atoms with Gasteiger partial charge in [0.1, 0.15) is 12.6 Å². The van der Waals surface area contributed by atoms with E-state index in [4.69, 9.17) is 9.47 Å². The zero-order valence-electron chi connectivity index (χ0n) is 17.9. The molecule has 0 radical (unpaired) electrons. The number of carbonyl (C=O) groups excluding carboxylic acids is 2. The van der Waals surface area contributed by atoms with Gasteiger partial charge in [-0.1, -0.05) is 48.4 Å². The summed E-state index contributed by atoms with van der Waals surface area (Å²) in [4.78, 5) is 24.6. The number of hydrogen-bond acceptors (Lipinski definition) is 5. The molecule has 29 heavy (non-hydrogen) atoms. The van der Waals surface area contributed by atoms with E-state index in [0.717, 1.165) is 18.4 Å². The van der Waals surface area contributed by atoms with Gasteiger partial charge in [0.15, 0.2) is 0 Å². The maximum atomic E-state index is 12.4. The molecule has 1 aliphatic rings. The summed E-state index contributed by atoms with van der Waals surface area (Å²) in [5.41, 5.74) is 3.73. The number of rotatable bonds is 8. The molecule has 1 fully saturated rings. The number of thioether (sulfide) groups is 1. The molecule has 0 spiro atoms. The number of hydrogen-bond donors (Lipinski definition) is 1. The maximum Gasteiger partial charge on any atom is 0.408 e. The van der Waals surface area contributed by atoms with E-state index in [-0.39, 0.29) is 13.2 Å². The van der Waals surface area contributed by atoms with Gasteiger partial charge in [-0.15, -0.1) is 0 Å². The van der Waals surface area contributed by atoms with Gasteiger partial charge in [-0.3, -0.25) is 0 Å². The Balaban J connectivity index is 1.95. The van der Waals surface area contributed by atoms with Crippen molar-refractivity contribution in [1.82, 2.24) is 5.32 Å². The summed E-state index contributed by atoms with van der Waals surface area (Å²) in [7, 11) is 0. The first-order chi connectivity index (χ1) is 13.9. The molecule has 1 aromatic rings. The summed E-state index contributed by atoms with van der Waals surface area (Å²) in [5, 5.41) is 3.07. The molecule has 1 aromatic carbocycles. The molecule has 2 rings (SSSR count). The Kier molecular flexibility index (Phi) is 9.58. The molecule has 0 saturated heterocycles. The van der Waals surface area contributed by atoms with E-state index in [2.05, 4.69) is 26.1 Å². The molecule has 3 atom stereocenters. The van der Waals surface area contributed by atoms with Gasteiger partial charge in [-0.25, -0.2) is 9.59 Å². The molecule has 2 unspecified atom stereocenters. The molecule has 0 heterocycles. The molecule has 6 heteroatoms. The summed E-state index contributed by atoms with van der Waals surface area (Å²) in [6.07, 6.45) is 2.81. The molecule has 1 N–H and O–H groups in total. The highest BCUT2D eigenvalue weighted by Crippen LogP contribution is 2.37. The first-order valence-corrected chi connectivity index (χ1v) is 11.4. The van der Waals surface area contributed by atoms with Crippen LogP contribution in [-0.4, -0.2) is 35.7 Å². The summed E-state index contributed by atoms with van der Waals surface area (Å²) < 4.78 is 10.4. The zero-order chi connectivity index (χ0) is 21.2. The molecule has 160 valence electrons. The predicted octanol–water partition coefficient (Wildman–Crippen LogP) is 5.10. The Morgan fingerprint density at radius 2 is 1.93 bits per heavy atom. The van der Waals surface area contributed by atoms with Crippen molar-refractivity contribution in [1.29, 1.82) is 0 Å². The largest absolute Gasteiger partial charge is 0.464 e. The Labute approximate surface area is 178 Å². The van der Waals surface area contributed by atoms with Crippen LogP contribution in [0.5, 0.6) is 0 Å². The molecule has 1 saturated carbocycles. The van der Waals surface area contributed by atoms with Gasteiger partial charge in [0.2, 0.25) is 0 Å². The van der Waals surface area contributed by atoms with Crippen molar-refractivity contribution >= 4 is 23.8 Å². The number of allylic oxidation sites excluding steroid dienone is 1. The summed E-state index contributed by atoms with van der Waals surface area (Å²) >= 11 is 1.73. The zero-order valence-corrected chi connectivity index (χ0v) is 18.7. The molecule has 1 aliphatic carbocycles. The van der Waals surface area contributed by atoms with E-state index < -0.39 is 18.1 Å². The Morgan fingerprint density at radius 3 is 2.59 bits per heavy atom. The van der Waals surface area contributed by atoms with Crippen LogP contribution in [0.1, 0.15) is 52.5 Å². The number of alkyl carbamates (subject to hydrolysis) is 1. The number of carbonyl (C=O) groups is 2. The second-order valence-electron chi connectivity index (χ2n) is 7.74. The molecular weight excluding hydrogens is 386 g/mol. The second-order valence-corrected chi connectivity index (χ2v) is 8.97. The Hall–Kier alpha value is -1.95. The minimum absolute atomic E-state index is 0.164. The van der Waals surface area contributed by atoms with Crippen molar-refractivity contribution < 1.29 is 19.1 Å².